The fourth-order valence-electron chi connectivity index (χ4n) is 1.99. The number of halogens is 1. The van der Waals surface area contributed by atoms with Gasteiger partial charge in [-0.1, -0.05) is 49.4 Å². The van der Waals surface area contributed by atoms with E-state index in [2.05, 4.69) is 12.2 Å². The third kappa shape index (κ3) is 4.88. The number of carbonyl (C=O) groups is 1. The van der Waals surface area contributed by atoms with Gasteiger partial charge in [0.15, 0.2) is 0 Å². The van der Waals surface area contributed by atoms with E-state index >= 15 is 0 Å². The molecule has 3 heteroatoms. The molecule has 0 saturated carbocycles. The van der Waals surface area contributed by atoms with Crippen LogP contribution < -0.4 is 5.32 Å². The van der Waals surface area contributed by atoms with E-state index in [4.69, 9.17) is 0 Å². The molecule has 1 atom stereocenters. The lowest BCUT2D eigenvalue weighted by atomic mass is 10.0. The van der Waals surface area contributed by atoms with Crippen molar-refractivity contribution in [2.24, 2.45) is 0 Å². The van der Waals surface area contributed by atoms with Crippen molar-refractivity contribution in [1.82, 2.24) is 5.32 Å². The molecule has 0 unspecified atom stereocenters. The predicted octanol–water partition coefficient (Wildman–Crippen LogP) is 3.76. The summed E-state index contributed by atoms with van der Waals surface area (Å²) in [7, 11) is 0. The SMILES string of the molecule is C[C@H](CNC(=O)/C=C/c1cccc(F)c1)c1ccccc1. The van der Waals surface area contributed by atoms with Gasteiger partial charge in [0.1, 0.15) is 5.82 Å². The molecule has 0 saturated heterocycles. The fourth-order valence-corrected chi connectivity index (χ4v) is 1.99. The van der Waals surface area contributed by atoms with Crippen LogP contribution >= 0.6 is 0 Å². The van der Waals surface area contributed by atoms with Gasteiger partial charge in [-0.2, -0.15) is 0 Å². The average Bonchev–Trinajstić information content (AvgIpc) is 2.51. The van der Waals surface area contributed by atoms with Crippen LogP contribution in [0.5, 0.6) is 0 Å². The van der Waals surface area contributed by atoms with Crippen molar-refractivity contribution in [3.05, 3.63) is 77.6 Å². The third-order valence-corrected chi connectivity index (χ3v) is 3.23. The minimum Gasteiger partial charge on any atom is -0.352 e. The van der Waals surface area contributed by atoms with Crippen LogP contribution in [-0.2, 0) is 4.79 Å². The van der Waals surface area contributed by atoms with Gasteiger partial charge < -0.3 is 5.32 Å². The topological polar surface area (TPSA) is 29.1 Å². The summed E-state index contributed by atoms with van der Waals surface area (Å²) in [4.78, 5) is 11.7. The highest BCUT2D eigenvalue weighted by Crippen LogP contribution is 2.13. The Bertz CT molecular complexity index is 622. The molecular weight excluding hydrogens is 265 g/mol. The lowest BCUT2D eigenvalue weighted by Crippen LogP contribution is -2.25. The molecule has 21 heavy (non-hydrogen) atoms. The number of rotatable bonds is 5. The van der Waals surface area contributed by atoms with E-state index in [1.165, 1.54) is 23.8 Å². The summed E-state index contributed by atoms with van der Waals surface area (Å²) in [6.45, 7) is 2.63. The first-order valence-electron chi connectivity index (χ1n) is 6.91. The highest BCUT2D eigenvalue weighted by molar-refractivity contribution is 5.91. The number of nitrogens with one attached hydrogen (secondary N) is 1. The number of benzene rings is 2. The largest absolute Gasteiger partial charge is 0.352 e. The molecule has 2 aromatic carbocycles. The Balaban J connectivity index is 1.85. The van der Waals surface area contributed by atoms with Crippen molar-refractivity contribution < 1.29 is 9.18 Å². The highest BCUT2D eigenvalue weighted by atomic mass is 19.1. The van der Waals surface area contributed by atoms with Gasteiger partial charge in [-0.05, 0) is 35.3 Å². The molecule has 2 aromatic rings. The molecule has 0 aliphatic heterocycles. The first-order valence-corrected chi connectivity index (χ1v) is 6.91. The standard InChI is InChI=1S/C18H18FNO/c1-14(16-7-3-2-4-8-16)13-20-18(21)11-10-15-6-5-9-17(19)12-15/h2-12,14H,13H2,1H3,(H,20,21)/b11-10+/t14-/m1/s1. The van der Waals surface area contributed by atoms with Crippen LogP contribution in [-0.4, -0.2) is 12.5 Å². The lowest BCUT2D eigenvalue weighted by Gasteiger charge is -2.11. The van der Waals surface area contributed by atoms with Crippen molar-refractivity contribution in [2.75, 3.05) is 6.54 Å². The van der Waals surface area contributed by atoms with E-state index in [9.17, 15) is 9.18 Å². The second-order valence-electron chi connectivity index (χ2n) is 4.95. The Morgan fingerprint density at radius 3 is 2.67 bits per heavy atom. The van der Waals surface area contributed by atoms with Gasteiger partial charge >= 0.3 is 0 Å². The molecule has 2 nitrogen and oxygen atoms in total. The van der Waals surface area contributed by atoms with Crippen LogP contribution in [0.25, 0.3) is 6.08 Å². The molecule has 0 aliphatic carbocycles. The van der Waals surface area contributed by atoms with Gasteiger partial charge in [0.2, 0.25) is 5.91 Å². The van der Waals surface area contributed by atoms with Gasteiger partial charge in [0.25, 0.3) is 0 Å². The fraction of sp³-hybridized carbons (Fsp3) is 0.167. The molecule has 0 aliphatic rings. The molecule has 2 rings (SSSR count). The van der Waals surface area contributed by atoms with Crippen LogP contribution in [0.1, 0.15) is 24.0 Å². The monoisotopic (exact) mass is 283 g/mol. The van der Waals surface area contributed by atoms with E-state index in [0.29, 0.717) is 12.1 Å². The highest BCUT2D eigenvalue weighted by Gasteiger charge is 2.05. The smallest absolute Gasteiger partial charge is 0.244 e. The molecule has 108 valence electrons. The zero-order valence-electron chi connectivity index (χ0n) is 11.9. The predicted molar refractivity (Wildman–Crippen MR) is 83.3 cm³/mol. The number of carbonyl (C=O) groups excluding carboxylic acids is 1. The Hall–Kier alpha value is -2.42. The minimum absolute atomic E-state index is 0.179. The molecular formula is C18H18FNO. The molecule has 0 radical (unpaired) electrons. The number of hydrogen-bond donors (Lipinski definition) is 1. The summed E-state index contributed by atoms with van der Waals surface area (Å²) in [6.07, 6.45) is 3.03. The van der Waals surface area contributed by atoms with E-state index < -0.39 is 0 Å². The van der Waals surface area contributed by atoms with Crippen LogP contribution in [0.3, 0.4) is 0 Å². The van der Waals surface area contributed by atoms with E-state index in [1.807, 2.05) is 30.3 Å². The third-order valence-electron chi connectivity index (χ3n) is 3.23. The zero-order valence-corrected chi connectivity index (χ0v) is 11.9. The first kappa shape index (κ1) is 15.0. The molecule has 0 spiro atoms. The summed E-state index contributed by atoms with van der Waals surface area (Å²) in [5, 5.41) is 2.85. The Morgan fingerprint density at radius 1 is 1.19 bits per heavy atom. The Labute approximate surface area is 124 Å². The van der Waals surface area contributed by atoms with Crippen molar-refractivity contribution in [3.63, 3.8) is 0 Å². The Kier molecular flexibility index (Phi) is 5.27. The summed E-state index contributed by atoms with van der Waals surface area (Å²) in [5.74, 6) is -0.241. The van der Waals surface area contributed by atoms with Gasteiger partial charge in [-0.3, -0.25) is 4.79 Å². The maximum atomic E-state index is 13.0. The van der Waals surface area contributed by atoms with Crippen molar-refractivity contribution in [2.45, 2.75) is 12.8 Å². The van der Waals surface area contributed by atoms with Crippen LogP contribution in [0.2, 0.25) is 0 Å². The number of amides is 1. The second-order valence-corrected chi connectivity index (χ2v) is 4.95. The molecule has 1 N–H and O–H groups in total. The normalized spacial score (nSPS) is 12.3. The quantitative estimate of drug-likeness (QED) is 0.832. The van der Waals surface area contributed by atoms with Gasteiger partial charge in [0.05, 0.1) is 0 Å². The average molecular weight is 283 g/mol. The van der Waals surface area contributed by atoms with Crippen molar-refractivity contribution >= 4 is 12.0 Å². The maximum Gasteiger partial charge on any atom is 0.244 e. The van der Waals surface area contributed by atoms with Gasteiger partial charge in [-0.25, -0.2) is 4.39 Å². The van der Waals surface area contributed by atoms with Crippen LogP contribution in [0.15, 0.2) is 60.7 Å². The summed E-state index contributed by atoms with van der Waals surface area (Å²) < 4.78 is 13.0. The summed E-state index contributed by atoms with van der Waals surface area (Å²) in [5.41, 5.74) is 1.85. The molecule has 0 fully saturated rings. The minimum atomic E-state index is -0.310. The Morgan fingerprint density at radius 2 is 1.95 bits per heavy atom. The lowest BCUT2D eigenvalue weighted by molar-refractivity contribution is -0.116. The van der Waals surface area contributed by atoms with Gasteiger partial charge in [-0.15, -0.1) is 0 Å². The molecule has 0 heterocycles. The molecule has 0 aromatic heterocycles. The van der Waals surface area contributed by atoms with Crippen molar-refractivity contribution in [1.29, 1.82) is 0 Å². The van der Waals surface area contributed by atoms with Gasteiger partial charge in [0, 0.05) is 12.6 Å². The van der Waals surface area contributed by atoms with E-state index in [0.717, 1.165) is 0 Å². The second kappa shape index (κ2) is 7.39. The van der Waals surface area contributed by atoms with Crippen LogP contribution in [0.4, 0.5) is 4.39 Å². The van der Waals surface area contributed by atoms with Crippen molar-refractivity contribution in [3.8, 4) is 0 Å². The van der Waals surface area contributed by atoms with E-state index in [-0.39, 0.29) is 17.6 Å². The molecule has 0 bridgehead atoms. The summed E-state index contributed by atoms with van der Waals surface area (Å²) in [6, 6.07) is 16.1. The summed E-state index contributed by atoms with van der Waals surface area (Å²) >= 11 is 0. The molecule has 1 amide bonds. The zero-order chi connectivity index (χ0) is 15.1. The maximum absolute atomic E-state index is 13.0. The van der Waals surface area contributed by atoms with Crippen LogP contribution in [0, 0.1) is 5.82 Å². The number of hydrogen-bond acceptors (Lipinski definition) is 1. The van der Waals surface area contributed by atoms with E-state index in [1.54, 1.807) is 18.2 Å². The first-order chi connectivity index (χ1) is 10.1.